The molecular weight excluding hydrogens is 297 g/mol. The number of amides is 1. The number of carboxylic acids is 2. The molecule has 126 valence electrons. The van der Waals surface area contributed by atoms with Crippen LogP contribution in [0.5, 0.6) is 0 Å². The normalized spacial score (nSPS) is 14.9. The van der Waals surface area contributed by atoms with Gasteiger partial charge < -0.3 is 20.3 Å². The monoisotopic (exact) mass is 319 g/mol. The van der Waals surface area contributed by atoms with E-state index in [1.54, 1.807) is 20.8 Å². The van der Waals surface area contributed by atoms with Gasteiger partial charge in [0.1, 0.15) is 11.4 Å². The van der Waals surface area contributed by atoms with Crippen molar-refractivity contribution in [1.29, 1.82) is 0 Å². The number of aliphatic carboxylic acids is 2. The second-order valence-corrected chi connectivity index (χ2v) is 5.80. The summed E-state index contributed by atoms with van der Waals surface area (Å²) in [5, 5.41) is 19.7. The summed E-state index contributed by atoms with van der Waals surface area (Å²) >= 11 is 0. The van der Waals surface area contributed by atoms with Crippen LogP contribution in [0.25, 0.3) is 0 Å². The van der Waals surface area contributed by atoms with Gasteiger partial charge in [0.25, 0.3) is 0 Å². The van der Waals surface area contributed by atoms with Crippen LogP contribution in [-0.4, -0.2) is 39.9 Å². The van der Waals surface area contributed by atoms with Crippen molar-refractivity contribution in [3.63, 3.8) is 0 Å². The first-order valence-corrected chi connectivity index (χ1v) is 6.73. The van der Waals surface area contributed by atoms with Gasteiger partial charge in [0.15, 0.2) is 0 Å². The number of carboxylic acid groups (broad SMARTS) is 2. The molecule has 0 fully saturated rings. The predicted octanol–water partition coefficient (Wildman–Crippen LogP) is 2.32. The fourth-order valence-electron chi connectivity index (χ4n) is 1.45. The second-order valence-electron chi connectivity index (χ2n) is 5.80. The minimum Gasteiger partial charge on any atom is -0.481 e. The molecule has 0 heterocycles. The number of alkyl carbamates (subject to hydrolysis) is 1. The Bertz CT molecular complexity index is 455. The highest BCUT2D eigenvalue weighted by Gasteiger charge is 2.22. The number of hydrogen-bond donors (Lipinski definition) is 3. The Balaban J connectivity index is 4.74. The van der Waals surface area contributed by atoms with Crippen molar-refractivity contribution in [3.8, 4) is 0 Å². The van der Waals surface area contributed by atoms with Crippen LogP contribution in [0.3, 0.4) is 0 Å². The number of carbonyl (C=O) groups excluding carboxylic acids is 1. The van der Waals surface area contributed by atoms with E-state index in [0.29, 0.717) is 0 Å². The average Bonchev–Trinajstić information content (AvgIpc) is 2.30. The standard InChI is InChI=1S/C14H22FNO6/c1-8(16-13(21)22-14(2,3)4)10(15)7-9(12(19)20)5-6-11(17)18/h7-9H,5-6H2,1-4H3,(H,16,21)(H,17,18)(H,19,20)/t8?,9-/m1/s1. The zero-order chi connectivity index (χ0) is 17.5. The molecule has 0 aliphatic heterocycles. The topological polar surface area (TPSA) is 113 Å². The van der Waals surface area contributed by atoms with Crippen molar-refractivity contribution in [2.75, 3.05) is 0 Å². The van der Waals surface area contributed by atoms with E-state index in [4.69, 9.17) is 14.9 Å². The fraction of sp³-hybridized carbons (Fsp3) is 0.643. The van der Waals surface area contributed by atoms with Gasteiger partial charge in [-0.3, -0.25) is 9.59 Å². The fourth-order valence-corrected chi connectivity index (χ4v) is 1.45. The second kappa shape index (κ2) is 8.35. The van der Waals surface area contributed by atoms with Gasteiger partial charge in [-0.2, -0.15) is 0 Å². The van der Waals surface area contributed by atoms with Gasteiger partial charge in [0.05, 0.1) is 12.0 Å². The van der Waals surface area contributed by atoms with Crippen molar-refractivity contribution in [2.45, 2.75) is 52.2 Å². The third-order valence-electron chi connectivity index (χ3n) is 2.49. The highest BCUT2D eigenvalue weighted by Crippen LogP contribution is 2.15. The van der Waals surface area contributed by atoms with Crippen LogP contribution in [0.1, 0.15) is 40.5 Å². The number of carbonyl (C=O) groups is 3. The summed E-state index contributed by atoms with van der Waals surface area (Å²) in [4.78, 5) is 32.9. The summed E-state index contributed by atoms with van der Waals surface area (Å²) in [5.41, 5.74) is -0.741. The molecule has 3 N–H and O–H groups in total. The molecule has 0 aromatic rings. The van der Waals surface area contributed by atoms with E-state index in [0.717, 1.165) is 6.08 Å². The third-order valence-corrected chi connectivity index (χ3v) is 2.49. The first-order chi connectivity index (χ1) is 9.92. The molecule has 1 unspecified atom stereocenters. The molecule has 1 amide bonds. The molecule has 8 heteroatoms. The van der Waals surface area contributed by atoms with Gasteiger partial charge in [0.2, 0.25) is 0 Å². The summed E-state index contributed by atoms with van der Waals surface area (Å²) in [5.74, 6) is -4.65. The predicted molar refractivity (Wildman–Crippen MR) is 76.0 cm³/mol. The molecular formula is C14H22FNO6. The molecule has 0 bridgehead atoms. The van der Waals surface area contributed by atoms with Crippen molar-refractivity contribution in [1.82, 2.24) is 5.32 Å². The minimum atomic E-state index is -1.33. The van der Waals surface area contributed by atoms with Crippen LogP contribution in [0.2, 0.25) is 0 Å². The Morgan fingerprint density at radius 2 is 1.82 bits per heavy atom. The molecule has 0 saturated carbocycles. The van der Waals surface area contributed by atoms with Crippen LogP contribution in [0, 0.1) is 5.92 Å². The van der Waals surface area contributed by atoms with Gasteiger partial charge in [-0.05, 0) is 40.2 Å². The molecule has 2 atom stereocenters. The molecule has 0 aromatic heterocycles. The molecule has 0 aliphatic carbocycles. The Labute approximate surface area is 128 Å². The Hall–Kier alpha value is -2.12. The van der Waals surface area contributed by atoms with E-state index in [2.05, 4.69) is 5.32 Å². The molecule has 22 heavy (non-hydrogen) atoms. The number of nitrogens with one attached hydrogen (secondary N) is 1. The van der Waals surface area contributed by atoms with E-state index in [-0.39, 0.29) is 6.42 Å². The average molecular weight is 319 g/mol. The van der Waals surface area contributed by atoms with Crippen molar-refractivity contribution >= 4 is 18.0 Å². The van der Waals surface area contributed by atoms with Crippen LogP contribution in [-0.2, 0) is 14.3 Å². The summed E-state index contributed by atoms with van der Waals surface area (Å²) in [6, 6.07) is -1.08. The Morgan fingerprint density at radius 3 is 2.23 bits per heavy atom. The minimum absolute atomic E-state index is 0.239. The number of rotatable bonds is 7. The summed E-state index contributed by atoms with van der Waals surface area (Å²) in [6.07, 6.45) is -0.667. The van der Waals surface area contributed by atoms with Gasteiger partial charge in [-0.15, -0.1) is 0 Å². The maximum Gasteiger partial charge on any atom is 0.408 e. The van der Waals surface area contributed by atoms with E-state index in [9.17, 15) is 18.8 Å². The van der Waals surface area contributed by atoms with Gasteiger partial charge in [-0.1, -0.05) is 0 Å². The summed E-state index contributed by atoms with van der Waals surface area (Å²) in [6.45, 7) is 6.27. The van der Waals surface area contributed by atoms with Gasteiger partial charge in [0, 0.05) is 6.42 Å². The maximum atomic E-state index is 13.9. The van der Waals surface area contributed by atoms with E-state index in [1.165, 1.54) is 6.92 Å². The zero-order valence-corrected chi connectivity index (χ0v) is 13.1. The van der Waals surface area contributed by atoms with Crippen molar-refractivity contribution < 1.29 is 33.7 Å². The highest BCUT2D eigenvalue weighted by molar-refractivity contribution is 5.74. The lowest BCUT2D eigenvalue weighted by atomic mass is 10.0. The number of halogens is 1. The molecule has 0 rings (SSSR count). The Kier molecular flexibility index (Phi) is 7.55. The molecule has 7 nitrogen and oxygen atoms in total. The lowest BCUT2D eigenvalue weighted by Gasteiger charge is -2.21. The highest BCUT2D eigenvalue weighted by atomic mass is 19.1. The van der Waals surface area contributed by atoms with Crippen LogP contribution in [0.4, 0.5) is 9.18 Å². The van der Waals surface area contributed by atoms with E-state index >= 15 is 0 Å². The number of hydrogen-bond acceptors (Lipinski definition) is 4. The smallest absolute Gasteiger partial charge is 0.408 e. The van der Waals surface area contributed by atoms with Crippen molar-refractivity contribution in [3.05, 3.63) is 11.9 Å². The first-order valence-electron chi connectivity index (χ1n) is 6.73. The van der Waals surface area contributed by atoms with E-state index in [1.807, 2.05) is 0 Å². The molecule has 0 spiro atoms. The quantitative estimate of drug-likeness (QED) is 0.663. The zero-order valence-electron chi connectivity index (χ0n) is 13.1. The number of ether oxygens (including phenoxy) is 1. The lowest BCUT2D eigenvalue weighted by molar-refractivity contribution is -0.141. The van der Waals surface area contributed by atoms with E-state index < -0.39 is 47.8 Å². The summed E-state index contributed by atoms with van der Waals surface area (Å²) < 4.78 is 18.9. The van der Waals surface area contributed by atoms with Gasteiger partial charge >= 0.3 is 18.0 Å². The third kappa shape index (κ3) is 8.93. The molecule has 0 saturated heterocycles. The van der Waals surface area contributed by atoms with Crippen molar-refractivity contribution in [2.24, 2.45) is 5.92 Å². The first kappa shape index (κ1) is 19.9. The van der Waals surface area contributed by atoms with Crippen LogP contribution >= 0.6 is 0 Å². The Morgan fingerprint density at radius 1 is 1.27 bits per heavy atom. The molecule has 0 radical (unpaired) electrons. The lowest BCUT2D eigenvalue weighted by Crippen LogP contribution is -2.38. The van der Waals surface area contributed by atoms with Crippen LogP contribution in [0.15, 0.2) is 11.9 Å². The van der Waals surface area contributed by atoms with Crippen LogP contribution < -0.4 is 5.32 Å². The maximum absolute atomic E-state index is 13.9. The molecule has 0 aliphatic rings. The SMILES string of the molecule is CC(NC(=O)OC(C)(C)C)C(F)=C[C@@H](CCC(=O)O)C(=O)O. The van der Waals surface area contributed by atoms with Gasteiger partial charge in [-0.25, -0.2) is 9.18 Å². The summed E-state index contributed by atoms with van der Waals surface area (Å²) in [7, 11) is 0. The largest absolute Gasteiger partial charge is 0.481 e. The molecule has 0 aromatic carbocycles.